The van der Waals surface area contributed by atoms with E-state index < -0.39 is 0 Å². The molecule has 30 heavy (non-hydrogen) atoms. The number of halogens is 2. The predicted octanol–water partition coefficient (Wildman–Crippen LogP) is 3.40. The molecule has 0 aromatic heterocycles. The third-order valence-corrected chi connectivity index (χ3v) is 6.10. The number of likely N-dealkylation sites (tertiary alicyclic amines) is 1. The number of para-hydroxylation sites is 1. The van der Waals surface area contributed by atoms with Crippen molar-refractivity contribution in [2.45, 2.75) is 19.8 Å². The number of hydrogen-bond acceptors (Lipinski definition) is 4. The molecule has 1 aromatic rings. The molecule has 0 bridgehead atoms. The Balaban J connectivity index is 0.00000320. The molecule has 3 rings (SSSR count). The normalized spacial score (nSPS) is 20.4. The molecule has 2 saturated heterocycles. The van der Waals surface area contributed by atoms with Gasteiger partial charge in [-0.2, -0.15) is 0 Å². The van der Waals surface area contributed by atoms with E-state index in [9.17, 15) is 0 Å². The maximum absolute atomic E-state index is 6.35. The first-order chi connectivity index (χ1) is 14.2. The van der Waals surface area contributed by atoms with Crippen LogP contribution in [0.5, 0.6) is 0 Å². The number of nitrogens with zero attached hydrogens (tertiary/aromatic N) is 4. The molecule has 0 saturated carbocycles. The molecule has 2 aliphatic heterocycles. The molecule has 8 heteroatoms. The van der Waals surface area contributed by atoms with E-state index in [0.717, 1.165) is 88.6 Å². The van der Waals surface area contributed by atoms with Gasteiger partial charge < -0.3 is 19.9 Å². The molecule has 1 aromatic carbocycles. The van der Waals surface area contributed by atoms with E-state index in [1.54, 1.807) is 7.11 Å². The number of nitrogens with one attached hydrogen (secondary N) is 1. The van der Waals surface area contributed by atoms with Crippen LogP contribution >= 0.6 is 35.6 Å². The fourth-order valence-corrected chi connectivity index (χ4v) is 4.48. The lowest BCUT2D eigenvalue weighted by Crippen LogP contribution is -2.46. The van der Waals surface area contributed by atoms with Gasteiger partial charge >= 0.3 is 0 Å². The van der Waals surface area contributed by atoms with E-state index in [1.165, 1.54) is 6.42 Å². The molecule has 0 radical (unpaired) electrons. The molecule has 6 nitrogen and oxygen atoms in total. The lowest BCUT2D eigenvalue weighted by Gasteiger charge is -2.36. The molecule has 2 fully saturated rings. The first-order valence-corrected chi connectivity index (χ1v) is 11.3. The van der Waals surface area contributed by atoms with Gasteiger partial charge in [0.1, 0.15) is 0 Å². The quantitative estimate of drug-likeness (QED) is 0.233. The van der Waals surface area contributed by atoms with Crippen LogP contribution in [-0.4, -0.2) is 88.4 Å². The molecule has 1 unspecified atom stereocenters. The second kappa shape index (κ2) is 13.6. The minimum absolute atomic E-state index is 0. The van der Waals surface area contributed by atoms with Crippen LogP contribution in [0, 0.1) is 5.92 Å². The molecular weight excluding hydrogens is 513 g/mol. The van der Waals surface area contributed by atoms with Gasteiger partial charge in [0.2, 0.25) is 0 Å². The van der Waals surface area contributed by atoms with Gasteiger partial charge in [0, 0.05) is 71.9 Å². The predicted molar refractivity (Wildman–Crippen MR) is 138 cm³/mol. The van der Waals surface area contributed by atoms with Crippen molar-refractivity contribution in [2.24, 2.45) is 10.9 Å². The summed E-state index contributed by atoms with van der Waals surface area (Å²) in [5.41, 5.74) is 1.16. The SMILES string of the molecule is CCNC(=NCCCN1CCN(c2ccccc2Cl)CC1)N1CCC(COC)C1.I. The number of anilines is 1. The van der Waals surface area contributed by atoms with E-state index in [2.05, 4.69) is 39.1 Å². The van der Waals surface area contributed by atoms with Gasteiger partial charge in [0.05, 0.1) is 17.3 Å². The van der Waals surface area contributed by atoms with Crippen LogP contribution in [0.1, 0.15) is 19.8 Å². The van der Waals surface area contributed by atoms with Gasteiger partial charge in [0.15, 0.2) is 5.96 Å². The summed E-state index contributed by atoms with van der Waals surface area (Å²) in [6.07, 6.45) is 2.28. The molecule has 2 heterocycles. The van der Waals surface area contributed by atoms with Crippen LogP contribution < -0.4 is 10.2 Å². The van der Waals surface area contributed by atoms with Gasteiger partial charge in [-0.3, -0.25) is 9.89 Å². The van der Waals surface area contributed by atoms with Gasteiger partial charge in [-0.15, -0.1) is 24.0 Å². The molecule has 0 aliphatic carbocycles. The molecular formula is C22H37ClIN5O. The average Bonchev–Trinajstić information content (AvgIpc) is 3.20. The van der Waals surface area contributed by atoms with Crippen LogP contribution in [-0.2, 0) is 4.74 Å². The Hall–Kier alpha value is -0.770. The smallest absolute Gasteiger partial charge is 0.193 e. The highest BCUT2D eigenvalue weighted by atomic mass is 127. The Kier molecular flexibility index (Phi) is 11.6. The number of methoxy groups -OCH3 is 1. The summed E-state index contributed by atoms with van der Waals surface area (Å²) in [6, 6.07) is 8.14. The fourth-order valence-electron chi connectivity index (χ4n) is 4.22. The zero-order valence-corrected chi connectivity index (χ0v) is 21.4. The molecule has 1 N–H and O–H groups in total. The van der Waals surface area contributed by atoms with Crippen LogP contribution in [0.3, 0.4) is 0 Å². The number of rotatable bonds is 8. The summed E-state index contributed by atoms with van der Waals surface area (Å²) in [5, 5.41) is 4.31. The third-order valence-electron chi connectivity index (χ3n) is 5.78. The number of hydrogen-bond donors (Lipinski definition) is 1. The number of aliphatic imine (C=N–C) groups is 1. The van der Waals surface area contributed by atoms with Crippen molar-refractivity contribution in [1.29, 1.82) is 0 Å². The van der Waals surface area contributed by atoms with Crippen molar-refractivity contribution < 1.29 is 4.74 Å². The highest BCUT2D eigenvalue weighted by Gasteiger charge is 2.24. The third kappa shape index (κ3) is 7.43. The summed E-state index contributed by atoms with van der Waals surface area (Å²) >= 11 is 6.35. The van der Waals surface area contributed by atoms with Crippen molar-refractivity contribution in [3.8, 4) is 0 Å². The Morgan fingerprint density at radius 3 is 2.67 bits per heavy atom. The molecule has 0 spiro atoms. The zero-order valence-electron chi connectivity index (χ0n) is 18.4. The van der Waals surface area contributed by atoms with Gasteiger partial charge in [-0.05, 0) is 31.9 Å². The Morgan fingerprint density at radius 1 is 1.20 bits per heavy atom. The second-order valence-corrected chi connectivity index (χ2v) is 8.33. The second-order valence-electron chi connectivity index (χ2n) is 7.93. The number of guanidine groups is 1. The highest BCUT2D eigenvalue weighted by Crippen LogP contribution is 2.26. The van der Waals surface area contributed by atoms with Crippen molar-refractivity contribution in [3.05, 3.63) is 29.3 Å². The van der Waals surface area contributed by atoms with E-state index in [-0.39, 0.29) is 24.0 Å². The number of piperazine rings is 1. The van der Waals surface area contributed by atoms with Crippen molar-refractivity contribution in [1.82, 2.24) is 15.1 Å². The largest absolute Gasteiger partial charge is 0.384 e. The topological polar surface area (TPSA) is 43.3 Å². The van der Waals surface area contributed by atoms with Crippen LogP contribution in [0.15, 0.2) is 29.3 Å². The van der Waals surface area contributed by atoms with Gasteiger partial charge in [0.25, 0.3) is 0 Å². The zero-order chi connectivity index (χ0) is 20.5. The summed E-state index contributed by atoms with van der Waals surface area (Å²) in [4.78, 5) is 12.2. The molecule has 1 atom stereocenters. The molecule has 0 amide bonds. The minimum Gasteiger partial charge on any atom is -0.384 e. The van der Waals surface area contributed by atoms with E-state index in [0.29, 0.717) is 5.92 Å². The standard InChI is InChI=1S/C22H36ClN5O.HI/c1-3-24-22(28-12-9-19(17-28)18-29-2)25-10-6-11-26-13-15-27(16-14-26)21-8-5-4-7-20(21)23;/h4-5,7-8,19H,3,6,9-18H2,1-2H3,(H,24,25);1H. The summed E-state index contributed by atoms with van der Waals surface area (Å²) in [5.74, 6) is 1.69. The lowest BCUT2D eigenvalue weighted by atomic mass is 10.1. The monoisotopic (exact) mass is 549 g/mol. The maximum atomic E-state index is 6.35. The minimum atomic E-state index is 0. The van der Waals surface area contributed by atoms with Crippen LogP contribution in [0.2, 0.25) is 5.02 Å². The van der Waals surface area contributed by atoms with Crippen molar-refractivity contribution >= 4 is 47.2 Å². The molecule has 170 valence electrons. The Morgan fingerprint density at radius 2 is 1.97 bits per heavy atom. The lowest BCUT2D eigenvalue weighted by molar-refractivity contribution is 0.157. The highest BCUT2D eigenvalue weighted by molar-refractivity contribution is 14.0. The van der Waals surface area contributed by atoms with Crippen LogP contribution in [0.4, 0.5) is 5.69 Å². The van der Waals surface area contributed by atoms with Crippen LogP contribution in [0.25, 0.3) is 0 Å². The van der Waals surface area contributed by atoms with Gasteiger partial charge in [-0.25, -0.2) is 0 Å². The number of ether oxygens (including phenoxy) is 1. The number of benzene rings is 1. The van der Waals surface area contributed by atoms with Crippen molar-refractivity contribution in [3.63, 3.8) is 0 Å². The summed E-state index contributed by atoms with van der Waals surface area (Å²) < 4.78 is 5.32. The van der Waals surface area contributed by atoms with E-state index >= 15 is 0 Å². The fraction of sp³-hybridized carbons (Fsp3) is 0.682. The van der Waals surface area contributed by atoms with Crippen molar-refractivity contribution in [2.75, 3.05) is 77.5 Å². The van der Waals surface area contributed by atoms with E-state index in [4.69, 9.17) is 21.3 Å². The summed E-state index contributed by atoms with van der Waals surface area (Å²) in [7, 11) is 1.79. The molecule has 2 aliphatic rings. The van der Waals surface area contributed by atoms with E-state index in [1.807, 2.05) is 12.1 Å². The Labute approximate surface area is 204 Å². The summed E-state index contributed by atoms with van der Waals surface area (Å²) in [6.45, 7) is 12.2. The average molecular weight is 550 g/mol. The Bertz CT molecular complexity index is 654. The first-order valence-electron chi connectivity index (χ1n) is 10.9. The first kappa shape index (κ1) is 25.5. The van der Waals surface area contributed by atoms with Gasteiger partial charge in [-0.1, -0.05) is 23.7 Å². The maximum Gasteiger partial charge on any atom is 0.193 e.